The molecule has 6 heteroatoms. The number of carbonyl (C=O) groups excluding carboxylic acids is 4. The predicted octanol–water partition coefficient (Wildman–Crippen LogP) is 0.122. The largest absolute Gasteiger partial charge is 0.341 e. The molecule has 0 bridgehead atoms. The van der Waals surface area contributed by atoms with E-state index in [9.17, 15) is 19.2 Å². The smallest absolute Gasteiger partial charge is 0.275 e. The zero-order valence-corrected chi connectivity index (χ0v) is 9.03. The van der Waals surface area contributed by atoms with Gasteiger partial charge < -0.3 is 0 Å². The molecular weight excluding hydrogens is 200 g/mol. The number of amides is 5. The number of hydrogen-bond donors (Lipinski definition) is 0. The van der Waals surface area contributed by atoms with Crippen molar-refractivity contribution < 1.29 is 19.2 Å². The van der Waals surface area contributed by atoms with Crippen molar-refractivity contribution in [2.24, 2.45) is 0 Å². The molecule has 1 aliphatic heterocycles. The van der Waals surface area contributed by atoms with Crippen molar-refractivity contribution in [2.45, 2.75) is 33.2 Å². The van der Waals surface area contributed by atoms with Crippen LogP contribution in [-0.2, 0) is 14.4 Å². The fraction of sp³-hybridized carbons (Fsp3) is 0.556. The molecule has 0 aromatic rings. The van der Waals surface area contributed by atoms with Crippen LogP contribution in [0.15, 0.2) is 0 Å². The molecule has 15 heavy (non-hydrogen) atoms. The van der Waals surface area contributed by atoms with Gasteiger partial charge in [-0.25, -0.2) is 9.69 Å². The van der Waals surface area contributed by atoms with Gasteiger partial charge in [-0.15, -0.1) is 0 Å². The van der Waals surface area contributed by atoms with Crippen molar-refractivity contribution >= 4 is 23.8 Å². The minimum absolute atomic E-state index is 0.487. The van der Waals surface area contributed by atoms with Gasteiger partial charge in [0.2, 0.25) is 11.8 Å². The first kappa shape index (κ1) is 11.4. The summed E-state index contributed by atoms with van der Waals surface area (Å²) in [6.45, 7) is 5.14. The third kappa shape index (κ3) is 1.42. The molecule has 0 N–H and O–H groups in total. The van der Waals surface area contributed by atoms with Gasteiger partial charge in [-0.3, -0.25) is 14.4 Å². The summed E-state index contributed by atoms with van der Waals surface area (Å²) in [5, 5.41) is 0. The standard InChI is InChI=1S/C9H12N2O4/c1-5(12)10-7(14)9(3,4)11(6(2)13)8(10)15/h1-4H3. The lowest BCUT2D eigenvalue weighted by molar-refractivity contribution is -0.142. The summed E-state index contributed by atoms with van der Waals surface area (Å²) in [5.74, 6) is -1.90. The lowest BCUT2D eigenvalue weighted by Crippen LogP contribution is -2.46. The number of nitrogens with zero attached hydrogens (tertiary/aromatic N) is 2. The second-order valence-electron chi connectivity index (χ2n) is 3.86. The molecule has 0 atom stereocenters. The summed E-state index contributed by atoms with van der Waals surface area (Å²) in [5.41, 5.74) is -1.28. The molecule has 6 nitrogen and oxygen atoms in total. The molecule has 0 radical (unpaired) electrons. The van der Waals surface area contributed by atoms with Crippen LogP contribution in [0.2, 0.25) is 0 Å². The molecule has 0 spiro atoms. The molecule has 0 aromatic carbocycles. The van der Waals surface area contributed by atoms with Crippen LogP contribution in [0, 0.1) is 0 Å². The highest BCUT2D eigenvalue weighted by Crippen LogP contribution is 2.27. The van der Waals surface area contributed by atoms with Crippen LogP contribution in [-0.4, -0.2) is 39.1 Å². The van der Waals surface area contributed by atoms with E-state index >= 15 is 0 Å². The Hall–Kier alpha value is -1.72. The Morgan fingerprint density at radius 1 is 1.07 bits per heavy atom. The molecule has 82 valence electrons. The van der Waals surface area contributed by atoms with E-state index in [-0.39, 0.29) is 0 Å². The number of urea groups is 1. The Morgan fingerprint density at radius 2 is 1.53 bits per heavy atom. The molecule has 0 saturated carbocycles. The zero-order valence-electron chi connectivity index (χ0n) is 9.03. The molecule has 0 aliphatic carbocycles. The van der Waals surface area contributed by atoms with Crippen LogP contribution in [0.1, 0.15) is 27.7 Å². The molecule has 1 saturated heterocycles. The summed E-state index contributed by atoms with van der Waals surface area (Å²) < 4.78 is 0. The number of rotatable bonds is 0. The summed E-state index contributed by atoms with van der Waals surface area (Å²) in [6.07, 6.45) is 0. The molecule has 1 aliphatic rings. The fourth-order valence-electron chi connectivity index (χ4n) is 1.60. The van der Waals surface area contributed by atoms with Crippen molar-refractivity contribution in [1.82, 2.24) is 9.80 Å². The van der Waals surface area contributed by atoms with Crippen LogP contribution < -0.4 is 0 Å². The third-order valence-corrected chi connectivity index (χ3v) is 2.30. The van der Waals surface area contributed by atoms with Crippen molar-refractivity contribution in [3.8, 4) is 0 Å². The second kappa shape index (κ2) is 3.15. The average Bonchev–Trinajstić information content (AvgIpc) is 2.17. The maximum absolute atomic E-state index is 11.7. The van der Waals surface area contributed by atoms with Crippen LogP contribution in [0.25, 0.3) is 0 Å². The predicted molar refractivity (Wildman–Crippen MR) is 49.5 cm³/mol. The highest BCUT2D eigenvalue weighted by molar-refractivity contribution is 6.21. The van der Waals surface area contributed by atoms with Crippen LogP contribution in [0.4, 0.5) is 4.79 Å². The lowest BCUT2D eigenvalue weighted by atomic mass is 10.0. The molecule has 0 aromatic heterocycles. The van der Waals surface area contributed by atoms with Crippen molar-refractivity contribution in [3.63, 3.8) is 0 Å². The first-order valence-corrected chi connectivity index (χ1v) is 4.41. The molecular formula is C9H12N2O4. The topological polar surface area (TPSA) is 74.8 Å². The van der Waals surface area contributed by atoms with Gasteiger partial charge in [0.15, 0.2) is 0 Å². The van der Waals surface area contributed by atoms with Gasteiger partial charge in [-0.1, -0.05) is 0 Å². The zero-order chi connectivity index (χ0) is 12.0. The van der Waals surface area contributed by atoms with E-state index in [1.807, 2.05) is 0 Å². The minimum Gasteiger partial charge on any atom is -0.275 e. The quantitative estimate of drug-likeness (QED) is 0.534. The molecule has 5 amide bonds. The van der Waals surface area contributed by atoms with Crippen LogP contribution in [0.3, 0.4) is 0 Å². The van der Waals surface area contributed by atoms with Crippen molar-refractivity contribution in [2.75, 3.05) is 0 Å². The van der Waals surface area contributed by atoms with E-state index in [1.54, 1.807) is 0 Å². The van der Waals surface area contributed by atoms with Gasteiger partial charge in [-0.05, 0) is 13.8 Å². The SMILES string of the molecule is CC(=O)N1C(=O)N(C(C)=O)C(C)(C)C1=O. The van der Waals surface area contributed by atoms with E-state index < -0.39 is 29.3 Å². The van der Waals surface area contributed by atoms with Gasteiger partial charge in [0, 0.05) is 13.8 Å². The molecule has 0 unspecified atom stereocenters. The van der Waals surface area contributed by atoms with E-state index in [1.165, 1.54) is 20.8 Å². The van der Waals surface area contributed by atoms with E-state index in [0.29, 0.717) is 4.90 Å². The summed E-state index contributed by atoms with van der Waals surface area (Å²) in [4.78, 5) is 46.8. The van der Waals surface area contributed by atoms with E-state index in [0.717, 1.165) is 11.8 Å². The summed E-state index contributed by atoms with van der Waals surface area (Å²) in [6, 6.07) is -0.870. The maximum atomic E-state index is 11.7. The fourth-order valence-corrected chi connectivity index (χ4v) is 1.60. The average molecular weight is 212 g/mol. The van der Waals surface area contributed by atoms with Crippen LogP contribution >= 0.6 is 0 Å². The van der Waals surface area contributed by atoms with Crippen molar-refractivity contribution in [3.05, 3.63) is 0 Å². The van der Waals surface area contributed by atoms with Gasteiger partial charge in [-0.2, -0.15) is 4.90 Å². The highest BCUT2D eigenvalue weighted by atomic mass is 16.2. The Morgan fingerprint density at radius 3 is 1.73 bits per heavy atom. The number of hydrogen-bond acceptors (Lipinski definition) is 4. The Kier molecular flexibility index (Phi) is 2.38. The highest BCUT2D eigenvalue weighted by Gasteiger charge is 2.54. The first-order valence-electron chi connectivity index (χ1n) is 4.41. The molecule has 1 rings (SSSR count). The third-order valence-electron chi connectivity index (χ3n) is 2.30. The molecule has 1 fully saturated rings. The minimum atomic E-state index is -1.28. The first-order chi connectivity index (χ1) is 6.71. The maximum Gasteiger partial charge on any atom is 0.341 e. The Bertz CT molecular complexity index is 372. The Balaban J connectivity index is 3.26. The van der Waals surface area contributed by atoms with Gasteiger partial charge >= 0.3 is 6.03 Å². The number of imide groups is 4. The monoisotopic (exact) mass is 212 g/mol. The lowest BCUT2D eigenvalue weighted by Gasteiger charge is -2.23. The van der Waals surface area contributed by atoms with Gasteiger partial charge in [0.05, 0.1) is 0 Å². The summed E-state index contributed by atoms with van der Waals surface area (Å²) in [7, 11) is 0. The Labute approximate surface area is 86.8 Å². The van der Waals surface area contributed by atoms with Crippen LogP contribution in [0.5, 0.6) is 0 Å². The molecule has 1 heterocycles. The number of carbonyl (C=O) groups is 4. The normalized spacial score (nSPS) is 19.7. The van der Waals surface area contributed by atoms with Crippen molar-refractivity contribution in [1.29, 1.82) is 0 Å². The van der Waals surface area contributed by atoms with Gasteiger partial charge in [0.25, 0.3) is 5.91 Å². The second-order valence-corrected chi connectivity index (χ2v) is 3.86. The summed E-state index contributed by atoms with van der Waals surface area (Å²) >= 11 is 0. The van der Waals surface area contributed by atoms with Gasteiger partial charge in [0.1, 0.15) is 5.54 Å². The van der Waals surface area contributed by atoms with E-state index in [2.05, 4.69) is 0 Å². The van der Waals surface area contributed by atoms with E-state index in [4.69, 9.17) is 0 Å².